The van der Waals surface area contributed by atoms with Crippen molar-refractivity contribution in [2.75, 3.05) is 96.5 Å². The van der Waals surface area contributed by atoms with Gasteiger partial charge >= 0.3 is 0 Å². The summed E-state index contributed by atoms with van der Waals surface area (Å²) in [5, 5.41) is 3.35. The predicted molar refractivity (Wildman–Crippen MR) is 161 cm³/mol. The molecule has 6 rings (SSSR count). The third kappa shape index (κ3) is 6.30. The van der Waals surface area contributed by atoms with Crippen LogP contribution in [0.1, 0.15) is 22.3 Å². The monoisotopic (exact) mass is 536 g/mol. The first kappa shape index (κ1) is 28.0. The van der Waals surface area contributed by atoms with Crippen LogP contribution in [0.4, 0.5) is 11.4 Å². The van der Waals surface area contributed by atoms with E-state index in [1.807, 2.05) is 7.05 Å². The molecule has 0 aliphatic carbocycles. The Morgan fingerprint density at radius 1 is 0.692 bits per heavy atom. The van der Waals surface area contributed by atoms with Crippen molar-refractivity contribution in [3.8, 4) is 11.5 Å². The highest BCUT2D eigenvalue weighted by Gasteiger charge is 2.27. The molecular formula is C31H48N6O2. The molecule has 8 nitrogen and oxygen atoms in total. The minimum absolute atomic E-state index is 0.125. The lowest BCUT2D eigenvalue weighted by atomic mass is 9.97. The average Bonchev–Trinajstić information content (AvgIpc) is 2.95. The molecule has 0 bridgehead atoms. The van der Waals surface area contributed by atoms with Crippen LogP contribution in [0.2, 0.25) is 0 Å². The van der Waals surface area contributed by atoms with Gasteiger partial charge in [0.25, 0.3) is 0 Å². The third-order valence-corrected chi connectivity index (χ3v) is 8.75. The van der Waals surface area contributed by atoms with Gasteiger partial charge in [0.15, 0.2) is 0 Å². The summed E-state index contributed by atoms with van der Waals surface area (Å²) in [6, 6.07) is 9.44. The van der Waals surface area contributed by atoms with Gasteiger partial charge in [-0.1, -0.05) is 12.1 Å². The van der Waals surface area contributed by atoms with E-state index in [4.69, 9.17) is 15.2 Å². The Hall–Kier alpha value is -2.52. The fourth-order valence-electron chi connectivity index (χ4n) is 6.14. The van der Waals surface area contributed by atoms with Gasteiger partial charge in [0.2, 0.25) is 0 Å². The Morgan fingerprint density at radius 3 is 1.64 bits per heavy atom. The van der Waals surface area contributed by atoms with E-state index in [1.165, 1.54) is 33.6 Å². The van der Waals surface area contributed by atoms with Crippen LogP contribution in [0, 0.1) is 13.8 Å². The minimum Gasteiger partial charge on any atom is -0.491 e. The summed E-state index contributed by atoms with van der Waals surface area (Å²) in [6.07, 6.45) is 1.99. The number of fused-ring (bicyclic) bond motifs is 2. The number of hydrogen-bond acceptors (Lipinski definition) is 8. The van der Waals surface area contributed by atoms with Crippen LogP contribution < -0.4 is 30.3 Å². The first-order chi connectivity index (χ1) is 18.8. The summed E-state index contributed by atoms with van der Waals surface area (Å²) in [5.41, 5.74) is 13.9. The first-order valence-corrected chi connectivity index (χ1v) is 14.6. The molecule has 2 atom stereocenters. The summed E-state index contributed by atoms with van der Waals surface area (Å²) in [6.45, 7) is 14.6. The Labute approximate surface area is 235 Å². The Balaban J connectivity index is 0.000000158. The number of anilines is 2. The van der Waals surface area contributed by atoms with Gasteiger partial charge in [-0.3, -0.25) is 0 Å². The van der Waals surface area contributed by atoms with Gasteiger partial charge in [-0.05, 0) is 71.1 Å². The summed E-state index contributed by atoms with van der Waals surface area (Å²) < 4.78 is 11.9. The van der Waals surface area contributed by atoms with Crippen LogP contribution in [-0.4, -0.2) is 109 Å². The molecule has 0 amide bonds. The zero-order valence-electron chi connectivity index (χ0n) is 24.6. The largest absolute Gasteiger partial charge is 0.491 e. The van der Waals surface area contributed by atoms with Crippen molar-refractivity contribution < 1.29 is 9.47 Å². The molecule has 4 heterocycles. The maximum atomic E-state index is 6.07. The van der Waals surface area contributed by atoms with Crippen molar-refractivity contribution in [2.45, 2.75) is 38.8 Å². The van der Waals surface area contributed by atoms with E-state index in [1.54, 1.807) is 0 Å². The summed E-state index contributed by atoms with van der Waals surface area (Å²) in [4.78, 5) is 9.75. The fraction of sp³-hybridized carbons (Fsp3) is 0.613. The van der Waals surface area contributed by atoms with Crippen molar-refractivity contribution >= 4 is 11.4 Å². The number of nitrogens with two attached hydrogens (primary N) is 1. The number of piperazine rings is 2. The van der Waals surface area contributed by atoms with Gasteiger partial charge in [-0.2, -0.15) is 0 Å². The molecule has 0 aromatic heterocycles. The molecule has 39 heavy (non-hydrogen) atoms. The molecule has 2 fully saturated rings. The second-order valence-corrected chi connectivity index (χ2v) is 11.8. The highest BCUT2D eigenvalue weighted by Crippen LogP contribution is 2.37. The number of rotatable bonds is 3. The maximum absolute atomic E-state index is 6.07. The van der Waals surface area contributed by atoms with Crippen molar-refractivity contribution in [1.82, 2.24) is 15.1 Å². The lowest BCUT2D eigenvalue weighted by Gasteiger charge is -2.37. The zero-order chi connectivity index (χ0) is 27.5. The first-order valence-electron chi connectivity index (χ1n) is 14.6. The maximum Gasteiger partial charge on any atom is 0.127 e. The molecule has 4 aliphatic heterocycles. The van der Waals surface area contributed by atoms with Crippen molar-refractivity contribution in [2.24, 2.45) is 5.73 Å². The molecule has 0 radical (unpaired) electrons. The van der Waals surface area contributed by atoms with Crippen molar-refractivity contribution in [3.63, 3.8) is 0 Å². The van der Waals surface area contributed by atoms with Gasteiger partial charge in [-0.25, -0.2) is 0 Å². The highest BCUT2D eigenvalue weighted by atomic mass is 16.5. The molecule has 2 aromatic rings. The molecular weight excluding hydrogens is 488 g/mol. The van der Waals surface area contributed by atoms with E-state index in [0.717, 1.165) is 83.3 Å². The van der Waals surface area contributed by atoms with E-state index in [0.29, 0.717) is 12.6 Å². The zero-order valence-corrected chi connectivity index (χ0v) is 24.6. The second-order valence-electron chi connectivity index (χ2n) is 11.8. The summed E-state index contributed by atoms with van der Waals surface area (Å²) in [7, 11) is 6.40. The predicted octanol–water partition coefficient (Wildman–Crippen LogP) is 2.28. The Bertz CT molecular complexity index is 1120. The molecule has 3 N–H and O–H groups in total. The van der Waals surface area contributed by atoms with Crippen LogP contribution in [0.25, 0.3) is 0 Å². The molecule has 0 saturated carbocycles. The van der Waals surface area contributed by atoms with Crippen molar-refractivity contribution in [1.29, 1.82) is 0 Å². The lowest BCUT2D eigenvalue weighted by molar-refractivity contribution is 0.243. The van der Waals surface area contributed by atoms with Gasteiger partial charge < -0.3 is 40.1 Å². The molecule has 214 valence electrons. The summed E-state index contributed by atoms with van der Waals surface area (Å²) >= 11 is 0. The normalized spacial score (nSPS) is 23.6. The smallest absolute Gasteiger partial charge is 0.127 e. The van der Waals surface area contributed by atoms with E-state index in [9.17, 15) is 0 Å². The molecule has 2 saturated heterocycles. The van der Waals surface area contributed by atoms with E-state index in [-0.39, 0.29) is 6.04 Å². The number of hydrogen-bond donors (Lipinski definition) is 2. The lowest BCUT2D eigenvalue weighted by Crippen LogP contribution is -2.45. The SMILES string of the molecule is CNC1COc2c(C)ccc(N3CCN(C)CC3)c2C1.Cc1ccc(N2CCN(C)CC2)c2c1OCC(N)C2. The minimum atomic E-state index is 0.125. The second kappa shape index (κ2) is 12.3. The molecule has 8 heteroatoms. The van der Waals surface area contributed by atoms with Crippen LogP contribution in [-0.2, 0) is 12.8 Å². The number of likely N-dealkylation sites (N-methyl/N-ethyl adjacent to an activating group) is 3. The average molecular weight is 537 g/mol. The van der Waals surface area contributed by atoms with Crippen LogP contribution in [0.15, 0.2) is 24.3 Å². The number of benzene rings is 2. The van der Waals surface area contributed by atoms with E-state index < -0.39 is 0 Å². The summed E-state index contributed by atoms with van der Waals surface area (Å²) in [5.74, 6) is 2.19. The van der Waals surface area contributed by atoms with Crippen LogP contribution >= 0.6 is 0 Å². The van der Waals surface area contributed by atoms with Crippen LogP contribution in [0.3, 0.4) is 0 Å². The quantitative estimate of drug-likeness (QED) is 0.620. The fourth-order valence-corrected chi connectivity index (χ4v) is 6.14. The number of nitrogens with zero attached hydrogens (tertiary/aromatic N) is 4. The number of aryl methyl sites for hydroxylation is 2. The Morgan fingerprint density at radius 2 is 1.15 bits per heavy atom. The molecule has 4 aliphatic rings. The topological polar surface area (TPSA) is 69.5 Å². The van der Waals surface area contributed by atoms with Gasteiger partial charge in [0.05, 0.1) is 0 Å². The number of nitrogens with one attached hydrogen (secondary N) is 1. The molecule has 2 unspecified atom stereocenters. The number of ether oxygens (including phenoxy) is 2. The van der Waals surface area contributed by atoms with Gasteiger partial charge in [-0.15, -0.1) is 0 Å². The van der Waals surface area contributed by atoms with E-state index >= 15 is 0 Å². The standard InChI is InChI=1S/C16H25N3O.C15H23N3O/c1-12-4-5-15(19-8-6-18(3)7-9-19)14-10-13(17-2)11-20-16(12)14;1-11-3-4-14(18-7-5-17(2)6-8-18)13-9-12(16)10-19-15(11)13/h4-5,13,17H,6-11H2,1-3H3;3-4,12H,5-10,16H2,1-2H3. The molecule has 2 aromatic carbocycles. The van der Waals surface area contributed by atoms with Gasteiger partial charge in [0.1, 0.15) is 24.7 Å². The third-order valence-electron chi connectivity index (χ3n) is 8.75. The van der Waals surface area contributed by atoms with E-state index in [2.05, 4.69) is 77.1 Å². The highest BCUT2D eigenvalue weighted by molar-refractivity contribution is 5.64. The Kier molecular flexibility index (Phi) is 8.86. The van der Waals surface area contributed by atoms with Crippen LogP contribution in [0.5, 0.6) is 11.5 Å². The van der Waals surface area contributed by atoms with Crippen molar-refractivity contribution in [3.05, 3.63) is 46.5 Å². The molecule has 0 spiro atoms. The van der Waals surface area contributed by atoms with Gasteiger partial charge in [0, 0.05) is 86.9 Å².